The quantitative estimate of drug-likeness (QED) is 0.618. The highest BCUT2D eigenvalue weighted by atomic mass is 35.5. The number of amides is 1. The smallest absolute Gasteiger partial charge is 0.254 e. The normalized spacial score (nSPS) is 11.3. The number of halogens is 1. The van der Waals surface area contributed by atoms with Crippen LogP contribution in [-0.4, -0.2) is 30.8 Å². The molecule has 0 radical (unpaired) electrons. The Balaban J connectivity index is 1.96. The first-order chi connectivity index (χ1) is 12.3. The van der Waals surface area contributed by atoms with Crippen LogP contribution in [-0.2, 0) is 9.84 Å². The van der Waals surface area contributed by atoms with Gasteiger partial charge in [-0.25, -0.2) is 8.42 Å². The Kier molecular flexibility index (Phi) is 4.71. The predicted molar refractivity (Wildman–Crippen MR) is 100 cm³/mol. The average molecular weight is 391 g/mol. The van der Waals surface area contributed by atoms with Crippen LogP contribution in [0.1, 0.15) is 10.4 Å². The highest BCUT2D eigenvalue weighted by Gasteiger charge is 2.20. The summed E-state index contributed by atoms with van der Waals surface area (Å²) in [6.07, 6.45) is 1.13. The van der Waals surface area contributed by atoms with E-state index in [1.54, 1.807) is 36.4 Å². The third-order valence-corrected chi connectivity index (χ3v) is 5.07. The number of aromatic nitrogens is 2. The van der Waals surface area contributed by atoms with Gasteiger partial charge in [0.15, 0.2) is 15.7 Å². The van der Waals surface area contributed by atoms with Crippen LogP contribution in [0.3, 0.4) is 0 Å². The topological polar surface area (TPSA) is 118 Å². The summed E-state index contributed by atoms with van der Waals surface area (Å²) < 4.78 is 23.0. The number of hydrogen-bond acceptors (Lipinski definition) is 5. The predicted octanol–water partition coefficient (Wildman–Crippen LogP) is 2.98. The van der Waals surface area contributed by atoms with Crippen molar-refractivity contribution in [3.05, 3.63) is 59.1 Å². The molecule has 3 aromatic rings. The molecule has 0 aliphatic rings. The van der Waals surface area contributed by atoms with Gasteiger partial charge in [-0.2, -0.15) is 5.10 Å². The van der Waals surface area contributed by atoms with Gasteiger partial charge in [0.25, 0.3) is 5.91 Å². The van der Waals surface area contributed by atoms with E-state index in [4.69, 9.17) is 17.3 Å². The number of rotatable bonds is 5. The first-order valence-corrected chi connectivity index (χ1v) is 9.74. The van der Waals surface area contributed by atoms with Crippen molar-refractivity contribution in [2.24, 2.45) is 5.73 Å². The number of hydrogen-bond donors (Lipinski definition) is 3. The van der Waals surface area contributed by atoms with Crippen LogP contribution >= 0.6 is 11.6 Å². The third kappa shape index (κ3) is 3.71. The summed E-state index contributed by atoms with van der Waals surface area (Å²) in [4.78, 5) is 12.1. The Labute approximate surface area is 155 Å². The fourth-order valence-corrected chi connectivity index (χ4v) is 3.18. The van der Waals surface area contributed by atoms with Crippen molar-refractivity contribution in [2.75, 3.05) is 11.6 Å². The van der Waals surface area contributed by atoms with Crippen LogP contribution in [0.15, 0.2) is 53.4 Å². The van der Waals surface area contributed by atoms with Crippen molar-refractivity contribution in [1.82, 2.24) is 10.2 Å². The van der Waals surface area contributed by atoms with Crippen molar-refractivity contribution in [3.63, 3.8) is 0 Å². The minimum Gasteiger partial charge on any atom is -0.365 e. The molecule has 7 nitrogen and oxygen atoms in total. The van der Waals surface area contributed by atoms with E-state index in [2.05, 4.69) is 15.5 Å². The van der Waals surface area contributed by atoms with Gasteiger partial charge in [-0.1, -0.05) is 23.7 Å². The average Bonchev–Trinajstić information content (AvgIpc) is 2.99. The van der Waals surface area contributed by atoms with Crippen molar-refractivity contribution >= 4 is 38.9 Å². The molecule has 1 heterocycles. The van der Waals surface area contributed by atoms with Gasteiger partial charge in [0.1, 0.15) is 5.56 Å². The summed E-state index contributed by atoms with van der Waals surface area (Å²) in [5.74, 6) is -0.409. The van der Waals surface area contributed by atoms with Crippen LogP contribution in [0.2, 0.25) is 5.02 Å². The highest BCUT2D eigenvalue weighted by Crippen LogP contribution is 2.29. The molecule has 3 rings (SSSR count). The second kappa shape index (κ2) is 6.81. The molecule has 0 bridgehead atoms. The molecule has 0 spiro atoms. The lowest BCUT2D eigenvalue weighted by molar-refractivity contribution is 0.100. The van der Waals surface area contributed by atoms with E-state index in [1.807, 2.05) is 0 Å². The van der Waals surface area contributed by atoms with Gasteiger partial charge in [0.2, 0.25) is 0 Å². The van der Waals surface area contributed by atoms with Crippen LogP contribution in [0, 0.1) is 0 Å². The zero-order valence-electron chi connectivity index (χ0n) is 13.7. The third-order valence-electron chi connectivity index (χ3n) is 3.69. The number of aromatic amines is 1. The number of sulfone groups is 1. The maximum atomic E-state index is 11.9. The number of carbonyl (C=O) groups excluding carboxylic acids is 1. The van der Waals surface area contributed by atoms with Gasteiger partial charge in [-0.15, -0.1) is 0 Å². The number of anilines is 2. The van der Waals surface area contributed by atoms with E-state index >= 15 is 0 Å². The zero-order valence-corrected chi connectivity index (χ0v) is 15.2. The van der Waals surface area contributed by atoms with Gasteiger partial charge in [0.05, 0.1) is 10.6 Å². The fraction of sp³-hybridized carbons (Fsp3) is 0.0588. The monoisotopic (exact) mass is 390 g/mol. The molecular formula is C17H15ClN4O3S. The summed E-state index contributed by atoms with van der Waals surface area (Å²) in [6, 6.07) is 13.0. The van der Waals surface area contributed by atoms with Gasteiger partial charge < -0.3 is 11.1 Å². The minimum absolute atomic E-state index is 0.194. The summed E-state index contributed by atoms with van der Waals surface area (Å²) in [7, 11) is -3.28. The lowest BCUT2D eigenvalue weighted by Crippen LogP contribution is -2.13. The van der Waals surface area contributed by atoms with Crippen LogP contribution in [0.5, 0.6) is 0 Å². The van der Waals surface area contributed by atoms with E-state index in [1.165, 1.54) is 12.1 Å². The molecule has 0 saturated carbocycles. The Hall–Kier alpha value is -2.84. The van der Waals surface area contributed by atoms with Gasteiger partial charge in [0, 0.05) is 22.5 Å². The number of nitrogens with two attached hydrogens (primary N) is 1. The molecule has 0 saturated heterocycles. The first kappa shape index (κ1) is 18.0. The molecule has 1 amide bonds. The molecule has 0 aliphatic heterocycles. The van der Waals surface area contributed by atoms with Crippen molar-refractivity contribution in [2.45, 2.75) is 4.90 Å². The van der Waals surface area contributed by atoms with Gasteiger partial charge in [-0.3, -0.25) is 9.89 Å². The molecule has 4 N–H and O–H groups in total. The number of H-pyrrole nitrogens is 1. The van der Waals surface area contributed by atoms with Crippen LogP contribution in [0.25, 0.3) is 11.3 Å². The molecule has 1 aromatic heterocycles. The molecule has 0 atom stereocenters. The number of nitrogens with zero attached hydrogens (tertiary/aromatic N) is 1. The van der Waals surface area contributed by atoms with E-state index in [9.17, 15) is 13.2 Å². The summed E-state index contributed by atoms with van der Waals surface area (Å²) in [5, 5.41) is 10.4. The molecule has 2 aromatic carbocycles. The maximum Gasteiger partial charge on any atom is 0.254 e. The Bertz CT molecular complexity index is 1060. The van der Waals surface area contributed by atoms with E-state index in [-0.39, 0.29) is 16.3 Å². The summed E-state index contributed by atoms with van der Waals surface area (Å²) >= 11 is 5.89. The standard InChI is InChI=1S/C17H15ClN4O3S/c1-26(24,25)13-8-6-12(7-9-13)20-17-14(16(19)23)15(21-22-17)10-2-4-11(18)5-3-10/h2-9H,1H3,(H2,19,23)(H2,20,21,22). The Morgan fingerprint density at radius 2 is 1.73 bits per heavy atom. The second-order valence-corrected chi connectivity index (χ2v) is 8.07. The second-order valence-electron chi connectivity index (χ2n) is 5.61. The van der Waals surface area contributed by atoms with Gasteiger partial charge >= 0.3 is 0 Å². The number of nitrogens with one attached hydrogen (secondary N) is 2. The van der Waals surface area contributed by atoms with E-state index in [0.29, 0.717) is 22.0 Å². The molecule has 26 heavy (non-hydrogen) atoms. The molecule has 0 fully saturated rings. The van der Waals surface area contributed by atoms with Gasteiger partial charge in [-0.05, 0) is 36.4 Å². The molecular weight excluding hydrogens is 376 g/mol. The minimum atomic E-state index is -3.28. The van der Waals surface area contributed by atoms with Crippen LogP contribution in [0.4, 0.5) is 11.5 Å². The largest absolute Gasteiger partial charge is 0.365 e. The maximum absolute atomic E-state index is 11.9. The number of carbonyl (C=O) groups is 1. The van der Waals surface area contributed by atoms with Crippen LogP contribution < -0.4 is 11.1 Å². The summed E-state index contributed by atoms with van der Waals surface area (Å²) in [5.41, 5.74) is 7.44. The number of benzene rings is 2. The van der Waals surface area contributed by atoms with Crippen molar-refractivity contribution in [3.8, 4) is 11.3 Å². The first-order valence-electron chi connectivity index (χ1n) is 7.47. The number of primary amides is 1. The SMILES string of the molecule is CS(=O)(=O)c1ccc(Nc2n[nH]c(-c3ccc(Cl)cc3)c2C(N)=O)cc1. The molecule has 9 heteroatoms. The lowest BCUT2D eigenvalue weighted by atomic mass is 10.1. The summed E-state index contributed by atoms with van der Waals surface area (Å²) in [6.45, 7) is 0. The Morgan fingerprint density at radius 3 is 2.27 bits per heavy atom. The van der Waals surface area contributed by atoms with E-state index < -0.39 is 15.7 Å². The highest BCUT2D eigenvalue weighted by molar-refractivity contribution is 7.90. The molecule has 0 unspecified atom stereocenters. The van der Waals surface area contributed by atoms with E-state index in [0.717, 1.165) is 6.26 Å². The van der Waals surface area contributed by atoms with Crippen molar-refractivity contribution < 1.29 is 13.2 Å². The lowest BCUT2D eigenvalue weighted by Gasteiger charge is -2.07. The molecule has 0 aliphatic carbocycles. The Morgan fingerprint density at radius 1 is 1.12 bits per heavy atom. The zero-order chi connectivity index (χ0) is 18.9. The molecule has 134 valence electrons. The fourth-order valence-electron chi connectivity index (χ4n) is 2.42. The van der Waals surface area contributed by atoms with Crippen molar-refractivity contribution in [1.29, 1.82) is 0 Å².